The van der Waals surface area contributed by atoms with E-state index in [4.69, 9.17) is 4.74 Å². The molecule has 0 aliphatic heterocycles. The van der Waals surface area contributed by atoms with Crippen molar-refractivity contribution in [1.82, 2.24) is 9.97 Å². The van der Waals surface area contributed by atoms with Crippen molar-refractivity contribution < 1.29 is 4.74 Å². The highest BCUT2D eigenvalue weighted by Crippen LogP contribution is 2.37. The molecule has 0 bridgehead atoms. The summed E-state index contributed by atoms with van der Waals surface area (Å²) < 4.78 is 4.97. The molecule has 1 aromatic heterocycles. The van der Waals surface area contributed by atoms with Crippen LogP contribution in [0, 0.1) is 0 Å². The van der Waals surface area contributed by atoms with E-state index in [0.29, 0.717) is 12.5 Å². The van der Waals surface area contributed by atoms with E-state index in [-0.39, 0.29) is 5.56 Å². The zero-order valence-electron chi connectivity index (χ0n) is 8.95. The van der Waals surface area contributed by atoms with Crippen LogP contribution >= 0.6 is 0 Å². The van der Waals surface area contributed by atoms with Gasteiger partial charge >= 0.3 is 0 Å². The lowest BCUT2D eigenvalue weighted by molar-refractivity contribution is 0.195. The molecule has 0 aromatic carbocycles. The average Bonchev–Trinajstić information content (AvgIpc) is 3.00. The van der Waals surface area contributed by atoms with Gasteiger partial charge < -0.3 is 9.72 Å². The molecule has 1 aliphatic carbocycles. The van der Waals surface area contributed by atoms with Gasteiger partial charge in [-0.3, -0.25) is 4.79 Å². The maximum atomic E-state index is 11.3. The molecule has 0 amide bonds. The summed E-state index contributed by atoms with van der Waals surface area (Å²) in [5, 5.41) is 0. The first-order chi connectivity index (χ1) is 7.29. The Hall–Kier alpha value is -1.16. The van der Waals surface area contributed by atoms with Crippen molar-refractivity contribution >= 4 is 0 Å². The zero-order chi connectivity index (χ0) is 10.7. The minimum atomic E-state index is -0.0284. The van der Waals surface area contributed by atoms with Gasteiger partial charge in [0.25, 0.3) is 5.56 Å². The van der Waals surface area contributed by atoms with Crippen molar-refractivity contribution in [3.63, 3.8) is 0 Å². The predicted molar refractivity (Wildman–Crippen MR) is 57.0 cm³/mol. The molecule has 1 saturated carbocycles. The van der Waals surface area contributed by atoms with Crippen molar-refractivity contribution in [3.8, 4) is 0 Å². The Morgan fingerprint density at radius 2 is 2.40 bits per heavy atom. The fourth-order valence-corrected chi connectivity index (χ4v) is 1.60. The van der Waals surface area contributed by atoms with Gasteiger partial charge in [0.2, 0.25) is 0 Å². The molecule has 0 atom stereocenters. The van der Waals surface area contributed by atoms with E-state index in [1.165, 1.54) is 0 Å². The summed E-state index contributed by atoms with van der Waals surface area (Å²) in [6.45, 7) is 0.716. The second-order valence-corrected chi connectivity index (χ2v) is 3.99. The van der Waals surface area contributed by atoms with Gasteiger partial charge in [-0.2, -0.15) is 0 Å². The van der Waals surface area contributed by atoms with Crippen LogP contribution in [0.1, 0.15) is 36.7 Å². The van der Waals surface area contributed by atoms with Crippen LogP contribution in [0.4, 0.5) is 0 Å². The third kappa shape index (κ3) is 2.89. The van der Waals surface area contributed by atoms with Gasteiger partial charge in [-0.05, 0) is 25.7 Å². The van der Waals surface area contributed by atoms with Crippen LogP contribution in [-0.4, -0.2) is 23.7 Å². The molecule has 15 heavy (non-hydrogen) atoms. The molecular formula is C11H16N2O2. The third-order valence-electron chi connectivity index (χ3n) is 2.56. The summed E-state index contributed by atoms with van der Waals surface area (Å²) in [6.07, 6.45) is 4.05. The van der Waals surface area contributed by atoms with E-state index < -0.39 is 0 Å². The molecule has 1 heterocycles. The second kappa shape index (κ2) is 4.57. The van der Waals surface area contributed by atoms with E-state index in [9.17, 15) is 4.79 Å². The highest BCUT2D eigenvalue weighted by molar-refractivity contribution is 5.10. The average molecular weight is 208 g/mol. The van der Waals surface area contributed by atoms with Crippen LogP contribution in [0.15, 0.2) is 10.9 Å². The number of nitrogens with one attached hydrogen (secondary N) is 1. The molecule has 4 heteroatoms. The minimum Gasteiger partial charge on any atom is -0.385 e. The molecule has 0 unspecified atom stereocenters. The van der Waals surface area contributed by atoms with Crippen LogP contribution < -0.4 is 5.56 Å². The summed E-state index contributed by atoms with van der Waals surface area (Å²) >= 11 is 0. The fraction of sp³-hybridized carbons (Fsp3) is 0.636. The molecule has 2 rings (SSSR count). The normalized spacial score (nSPS) is 15.5. The quantitative estimate of drug-likeness (QED) is 0.740. The second-order valence-electron chi connectivity index (χ2n) is 3.99. The standard InChI is InChI=1S/C11H16N2O2/c1-15-6-2-3-9-7-10(14)13-11(12-9)8-4-5-8/h7-8H,2-6H2,1H3,(H,12,13,14). The Kier molecular flexibility index (Phi) is 3.16. The van der Waals surface area contributed by atoms with E-state index in [1.54, 1.807) is 13.2 Å². The lowest BCUT2D eigenvalue weighted by Crippen LogP contribution is -2.12. The highest BCUT2D eigenvalue weighted by Gasteiger charge is 2.26. The molecular weight excluding hydrogens is 192 g/mol. The molecule has 1 aromatic rings. The Labute approximate surface area is 88.7 Å². The van der Waals surface area contributed by atoms with Gasteiger partial charge in [0.05, 0.1) is 0 Å². The lowest BCUT2D eigenvalue weighted by Gasteiger charge is -2.02. The Bertz CT molecular complexity index is 382. The number of hydrogen-bond acceptors (Lipinski definition) is 3. The molecule has 1 fully saturated rings. The topological polar surface area (TPSA) is 55.0 Å². The number of H-pyrrole nitrogens is 1. The van der Waals surface area contributed by atoms with Gasteiger partial charge in [-0.25, -0.2) is 4.98 Å². The number of aryl methyl sites for hydroxylation is 1. The van der Waals surface area contributed by atoms with Crippen LogP contribution in [0.5, 0.6) is 0 Å². The summed E-state index contributed by atoms with van der Waals surface area (Å²) in [6, 6.07) is 1.58. The minimum absolute atomic E-state index is 0.0284. The summed E-state index contributed by atoms with van der Waals surface area (Å²) in [7, 11) is 1.68. The van der Waals surface area contributed by atoms with Crippen LogP contribution in [0.2, 0.25) is 0 Å². The molecule has 1 aliphatic rings. The summed E-state index contributed by atoms with van der Waals surface area (Å²) in [5.74, 6) is 1.37. The van der Waals surface area contributed by atoms with Gasteiger partial charge in [0.15, 0.2) is 0 Å². The zero-order valence-corrected chi connectivity index (χ0v) is 8.95. The van der Waals surface area contributed by atoms with Crippen molar-refractivity contribution in [1.29, 1.82) is 0 Å². The van der Waals surface area contributed by atoms with E-state index in [0.717, 1.165) is 37.2 Å². The van der Waals surface area contributed by atoms with E-state index in [2.05, 4.69) is 9.97 Å². The largest absolute Gasteiger partial charge is 0.385 e. The first-order valence-corrected chi connectivity index (χ1v) is 5.38. The number of nitrogens with zero attached hydrogens (tertiary/aromatic N) is 1. The van der Waals surface area contributed by atoms with Gasteiger partial charge in [-0.1, -0.05) is 0 Å². The molecule has 0 saturated heterocycles. The van der Waals surface area contributed by atoms with Gasteiger partial charge in [0.1, 0.15) is 5.82 Å². The maximum Gasteiger partial charge on any atom is 0.251 e. The fourth-order valence-electron chi connectivity index (χ4n) is 1.60. The van der Waals surface area contributed by atoms with Crippen LogP contribution in [0.25, 0.3) is 0 Å². The SMILES string of the molecule is COCCCc1cc(=O)[nH]c(C2CC2)n1. The summed E-state index contributed by atoms with van der Waals surface area (Å²) in [5.41, 5.74) is 0.858. The molecule has 0 radical (unpaired) electrons. The van der Waals surface area contributed by atoms with Gasteiger partial charge in [0, 0.05) is 31.4 Å². The Balaban J connectivity index is 2.06. The Morgan fingerprint density at radius 1 is 1.60 bits per heavy atom. The first-order valence-electron chi connectivity index (χ1n) is 5.38. The number of methoxy groups -OCH3 is 1. The van der Waals surface area contributed by atoms with Crippen LogP contribution in [0.3, 0.4) is 0 Å². The Morgan fingerprint density at radius 3 is 3.07 bits per heavy atom. The molecule has 1 N–H and O–H groups in total. The van der Waals surface area contributed by atoms with Crippen molar-refractivity contribution in [2.24, 2.45) is 0 Å². The van der Waals surface area contributed by atoms with Crippen molar-refractivity contribution in [2.45, 2.75) is 31.6 Å². The number of rotatable bonds is 5. The predicted octanol–water partition coefficient (Wildman–Crippen LogP) is 1.23. The maximum absolute atomic E-state index is 11.3. The number of hydrogen-bond donors (Lipinski definition) is 1. The first kappa shape index (κ1) is 10.4. The monoisotopic (exact) mass is 208 g/mol. The van der Waals surface area contributed by atoms with Crippen LogP contribution in [-0.2, 0) is 11.2 Å². The lowest BCUT2D eigenvalue weighted by atomic mass is 10.2. The number of aromatic amines is 1. The smallest absolute Gasteiger partial charge is 0.251 e. The number of aromatic nitrogens is 2. The van der Waals surface area contributed by atoms with E-state index >= 15 is 0 Å². The van der Waals surface area contributed by atoms with Gasteiger partial charge in [-0.15, -0.1) is 0 Å². The van der Waals surface area contributed by atoms with Crippen molar-refractivity contribution in [3.05, 3.63) is 27.9 Å². The molecule has 82 valence electrons. The molecule has 4 nitrogen and oxygen atoms in total. The van der Waals surface area contributed by atoms with Crippen molar-refractivity contribution in [2.75, 3.05) is 13.7 Å². The molecule has 0 spiro atoms. The summed E-state index contributed by atoms with van der Waals surface area (Å²) in [4.78, 5) is 18.6. The van der Waals surface area contributed by atoms with E-state index in [1.807, 2.05) is 0 Å². The highest BCUT2D eigenvalue weighted by atomic mass is 16.5. The number of ether oxygens (including phenoxy) is 1. The third-order valence-corrected chi connectivity index (χ3v) is 2.56.